The number of anilines is 1. The lowest BCUT2D eigenvalue weighted by Gasteiger charge is -2.02. The molecule has 7 heteroatoms. The standard InChI is InChI=1S/C15H12FN5O/c1-10-18-14(15(22)19-13-4-2-3-9-17-13)20-21(10)12-7-5-11(16)6-8-12/h2-9H,1H3,(H,17,19,22). The van der Waals surface area contributed by atoms with Crippen molar-refractivity contribution in [2.24, 2.45) is 0 Å². The fraction of sp³-hybridized carbons (Fsp3) is 0.0667. The summed E-state index contributed by atoms with van der Waals surface area (Å²) in [5.41, 5.74) is 0.628. The van der Waals surface area contributed by atoms with Gasteiger partial charge in [0.1, 0.15) is 17.5 Å². The third kappa shape index (κ3) is 2.83. The van der Waals surface area contributed by atoms with Gasteiger partial charge in [-0.05, 0) is 43.3 Å². The molecule has 0 bridgehead atoms. The Kier molecular flexibility index (Phi) is 3.61. The predicted octanol–water partition coefficient (Wildman–Crippen LogP) is 2.36. The summed E-state index contributed by atoms with van der Waals surface area (Å²) in [6, 6.07) is 11.0. The third-order valence-corrected chi connectivity index (χ3v) is 2.95. The number of aryl methyl sites for hydroxylation is 1. The number of rotatable bonds is 3. The Balaban J connectivity index is 1.85. The fourth-order valence-electron chi connectivity index (χ4n) is 1.92. The van der Waals surface area contributed by atoms with Crippen LogP contribution >= 0.6 is 0 Å². The van der Waals surface area contributed by atoms with Crippen LogP contribution in [0, 0.1) is 12.7 Å². The molecule has 1 N–H and O–H groups in total. The van der Waals surface area contributed by atoms with Gasteiger partial charge >= 0.3 is 0 Å². The molecule has 1 aromatic carbocycles. The Hall–Kier alpha value is -3.09. The topological polar surface area (TPSA) is 72.7 Å². The molecule has 6 nitrogen and oxygen atoms in total. The van der Waals surface area contributed by atoms with Gasteiger partial charge in [0.05, 0.1) is 5.69 Å². The maximum absolute atomic E-state index is 13.0. The van der Waals surface area contributed by atoms with Crippen molar-refractivity contribution in [3.05, 3.63) is 66.1 Å². The minimum Gasteiger partial charge on any atom is -0.304 e. The lowest BCUT2D eigenvalue weighted by atomic mass is 10.3. The summed E-state index contributed by atoms with van der Waals surface area (Å²) >= 11 is 0. The SMILES string of the molecule is Cc1nc(C(=O)Nc2ccccn2)nn1-c1ccc(F)cc1. The van der Waals surface area contributed by atoms with Crippen molar-refractivity contribution in [2.45, 2.75) is 6.92 Å². The van der Waals surface area contributed by atoms with Gasteiger partial charge in [-0.25, -0.2) is 19.0 Å². The van der Waals surface area contributed by atoms with E-state index in [-0.39, 0.29) is 11.6 Å². The van der Waals surface area contributed by atoms with E-state index in [0.717, 1.165) is 0 Å². The highest BCUT2D eigenvalue weighted by atomic mass is 19.1. The van der Waals surface area contributed by atoms with Gasteiger partial charge in [0.2, 0.25) is 5.82 Å². The third-order valence-electron chi connectivity index (χ3n) is 2.95. The van der Waals surface area contributed by atoms with Crippen LogP contribution in [-0.4, -0.2) is 25.7 Å². The van der Waals surface area contributed by atoms with Gasteiger partial charge in [-0.2, -0.15) is 0 Å². The quantitative estimate of drug-likeness (QED) is 0.805. The van der Waals surface area contributed by atoms with E-state index in [1.54, 1.807) is 43.5 Å². The molecule has 0 spiro atoms. The largest absolute Gasteiger partial charge is 0.304 e. The first-order chi connectivity index (χ1) is 10.6. The number of hydrogen-bond acceptors (Lipinski definition) is 4. The van der Waals surface area contributed by atoms with Crippen molar-refractivity contribution in [3.8, 4) is 5.69 Å². The second-order valence-corrected chi connectivity index (χ2v) is 4.54. The zero-order valence-corrected chi connectivity index (χ0v) is 11.7. The molecular weight excluding hydrogens is 285 g/mol. The molecule has 0 aliphatic heterocycles. The van der Waals surface area contributed by atoms with Crippen LogP contribution < -0.4 is 5.32 Å². The molecule has 110 valence electrons. The average molecular weight is 297 g/mol. The maximum atomic E-state index is 13.0. The number of nitrogens with zero attached hydrogens (tertiary/aromatic N) is 4. The van der Waals surface area contributed by atoms with Crippen molar-refractivity contribution in [2.75, 3.05) is 5.32 Å². The van der Waals surface area contributed by atoms with Crippen LogP contribution in [0.3, 0.4) is 0 Å². The van der Waals surface area contributed by atoms with Gasteiger partial charge in [0.25, 0.3) is 5.91 Å². The number of halogens is 1. The van der Waals surface area contributed by atoms with Crippen molar-refractivity contribution in [1.29, 1.82) is 0 Å². The Labute approximate surface area is 125 Å². The minimum atomic E-state index is -0.456. The molecule has 3 aromatic rings. The summed E-state index contributed by atoms with van der Waals surface area (Å²) in [4.78, 5) is 20.2. The second kappa shape index (κ2) is 5.72. The number of carbonyl (C=O) groups is 1. The van der Waals surface area contributed by atoms with Crippen LogP contribution in [0.4, 0.5) is 10.2 Å². The highest BCUT2D eigenvalue weighted by Gasteiger charge is 2.15. The Bertz CT molecular complexity index is 799. The average Bonchev–Trinajstić information content (AvgIpc) is 2.91. The highest BCUT2D eigenvalue weighted by molar-refractivity contribution is 6.00. The Morgan fingerprint density at radius 1 is 1.18 bits per heavy atom. The normalized spacial score (nSPS) is 10.5. The molecule has 2 aromatic heterocycles. The number of aromatic nitrogens is 4. The lowest BCUT2D eigenvalue weighted by Crippen LogP contribution is -2.15. The smallest absolute Gasteiger partial charge is 0.296 e. The number of hydrogen-bond donors (Lipinski definition) is 1. The van der Waals surface area contributed by atoms with Crippen molar-refractivity contribution < 1.29 is 9.18 Å². The molecule has 0 fully saturated rings. The van der Waals surface area contributed by atoms with Gasteiger partial charge < -0.3 is 5.32 Å². The first-order valence-electron chi connectivity index (χ1n) is 6.55. The van der Waals surface area contributed by atoms with Crippen LogP contribution in [-0.2, 0) is 0 Å². The lowest BCUT2D eigenvalue weighted by molar-refractivity contribution is 0.101. The van der Waals surface area contributed by atoms with Crippen molar-refractivity contribution >= 4 is 11.7 Å². The minimum absolute atomic E-state index is 0.0208. The summed E-state index contributed by atoms with van der Waals surface area (Å²) < 4.78 is 14.4. The van der Waals surface area contributed by atoms with Crippen LogP contribution in [0.15, 0.2) is 48.7 Å². The van der Waals surface area contributed by atoms with E-state index in [9.17, 15) is 9.18 Å². The monoisotopic (exact) mass is 297 g/mol. The molecule has 0 radical (unpaired) electrons. The zero-order valence-electron chi connectivity index (χ0n) is 11.7. The highest BCUT2D eigenvalue weighted by Crippen LogP contribution is 2.11. The molecule has 1 amide bonds. The van der Waals surface area contributed by atoms with E-state index in [4.69, 9.17) is 0 Å². The van der Waals surface area contributed by atoms with E-state index in [2.05, 4.69) is 20.4 Å². The van der Waals surface area contributed by atoms with Crippen LogP contribution in [0.5, 0.6) is 0 Å². The van der Waals surface area contributed by atoms with Crippen molar-refractivity contribution in [1.82, 2.24) is 19.7 Å². The first-order valence-corrected chi connectivity index (χ1v) is 6.55. The molecule has 0 saturated heterocycles. The molecule has 0 aliphatic rings. The fourth-order valence-corrected chi connectivity index (χ4v) is 1.92. The number of amides is 1. The zero-order chi connectivity index (χ0) is 15.5. The van der Waals surface area contributed by atoms with E-state index in [0.29, 0.717) is 17.3 Å². The Morgan fingerprint density at radius 3 is 2.64 bits per heavy atom. The maximum Gasteiger partial charge on any atom is 0.296 e. The molecule has 2 heterocycles. The van der Waals surface area contributed by atoms with E-state index < -0.39 is 5.91 Å². The Morgan fingerprint density at radius 2 is 1.95 bits per heavy atom. The van der Waals surface area contributed by atoms with Gasteiger partial charge in [-0.15, -0.1) is 5.10 Å². The summed E-state index contributed by atoms with van der Waals surface area (Å²) in [5, 5.41) is 6.76. The first kappa shape index (κ1) is 13.9. The van der Waals surface area contributed by atoms with Gasteiger partial charge in [0.15, 0.2) is 0 Å². The summed E-state index contributed by atoms with van der Waals surface area (Å²) in [6.45, 7) is 1.72. The predicted molar refractivity (Wildman–Crippen MR) is 78.2 cm³/mol. The van der Waals surface area contributed by atoms with Gasteiger partial charge in [-0.3, -0.25) is 4.79 Å². The summed E-state index contributed by atoms with van der Waals surface area (Å²) in [6.07, 6.45) is 1.57. The van der Waals surface area contributed by atoms with E-state index >= 15 is 0 Å². The van der Waals surface area contributed by atoms with Crippen molar-refractivity contribution in [3.63, 3.8) is 0 Å². The van der Waals surface area contributed by atoms with Gasteiger partial charge in [0, 0.05) is 6.20 Å². The number of pyridine rings is 1. The van der Waals surface area contributed by atoms with Crippen LogP contribution in [0.2, 0.25) is 0 Å². The molecule has 0 saturated carbocycles. The van der Waals surface area contributed by atoms with E-state index in [1.807, 2.05) is 0 Å². The molecule has 22 heavy (non-hydrogen) atoms. The van der Waals surface area contributed by atoms with Gasteiger partial charge in [-0.1, -0.05) is 6.07 Å². The second-order valence-electron chi connectivity index (χ2n) is 4.54. The molecule has 3 rings (SSSR count). The van der Waals surface area contributed by atoms with E-state index in [1.165, 1.54) is 16.8 Å². The molecular formula is C15H12FN5O. The molecule has 0 aliphatic carbocycles. The molecule has 0 atom stereocenters. The number of carbonyl (C=O) groups excluding carboxylic acids is 1. The number of benzene rings is 1. The summed E-state index contributed by atoms with van der Waals surface area (Å²) in [5.74, 6) is 0.172. The molecule has 0 unspecified atom stereocenters. The van der Waals surface area contributed by atoms with Crippen LogP contribution in [0.25, 0.3) is 5.69 Å². The summed E-state index contributed by atoms with van der Waals surface area (Å²) in [7, 11) is 0. The number of nitrogens with one attached hydrogen (secondary N) is 1. The van der Waals surface area contributed by atoms with Crippen LogP contribution in [0.1, 0.15) is 16.4 Å².